The van der Waals surface area contributed by atoms with Crippen molar-refractivity contribution in [2.24, 2.45) is 5.84 Å². The van der Waals surface area contributed by atoms with Crippen LogP contribution in [-0.2, 0) is 0 Å². The molecule has 21 heavy (non-hydrogen) atoms. The number of halogens is 1. The fraction of sp³-hybridized carbons (Fsp3) is 0.533. The van der Waals surface area contributed by atoms with E-state index in [2.05, 4.69) is 24.3 Å². The summed E-state index contributed by atoms with van der Waals surface area (Å²) in [7, 11) is 2.10. The SMILES string of the molecule is CCC1CN(C)CCCN1C(=O)c1cc(Cl)ccc1NN. The van der Waals surface area contributed by atoms with Gasteiger partial charge in [0.2, 0.25) is 0 Å². The van der Waals surface area contributed by atoms with Crippen molar-refractivity contribution in [1.82, 2.24) is 9.80 Å². The predicted octanol–water partition coefficient (Wildman–Crippen LogP) is 2.18. The van der Waals surface area contributed by atoms with Gasteiger partial charge in [-0.15, -0.1) is 0 Å². The highest BCUT2D eigenvalue weighted by atomic mass is 35.5. The second-order valence-corrected chi connectivity index (χ2v) is 5.95. The molecule has 0 aliphatic carbocycles. The van der Waals surface area contributed by atoms with Gasteiger partial charge >= 0.3 is 0 Å². The molecule has 2 rings (SSSR count). The molecule has 1 aliphatic heterocycles. The third-order valence-corrected chi connectivity index (χ3v) is 4.24. The standard InChI is InChI=1S/C15H23ClN4O/c1-3-12-10-19(2)7-4-8-20(12)15(21)13-9-11(16)5-6-14(13)18-17/h5-6,9,12,18H,3-4,7-8,10,17H2,1-2H3. The number of carbonyl (C=O) groups is 1. The highest BCUT2D eigenvalue weighted by Gasteiger charge is 2.28. The van der Waals surface area contributed by atoms with Crippen LogP contribution in [0.1, 0.15) is 30.1 Å². The molecule has 0 saturated carbocycles. The van der Waals surface area contributed by atoms with E-state index in [0.29, 0.717) is 16.3 Å². The number of hydrogen-bond donors (Lipinski definition) is 2. The van der Waals surface area contributed by atoms with Crippen LogP contribution in [0.15, 0.2) is 18.2 Å². The topological polar surface area (TPSA) is 61.6 Å². The number of nitrogens with two attached hydrogens (primary N) is 1. The Bertz CT molecular complexity index is 508. The molecule has 1 amide bonds. The molecule has 1 atom stereocenters. The first kappa shape index (κ1) is 16.1. The van der Waals surface area contributed by atoms with Crippen LogP contribution in [0.4, 0.5) is 5.69 Å². The van der Waals surface area contributed by atoms with Gasteiger partial charge in [0.05, 0.1) is 11.3 Å². The summed E-state index contributed by atoms with van der Waals surface area (Å²) in [5.74, 6) is 5.51. The summed E-state index contributed by atoms with van der Waals surface area (Å²) in [5, 5.41) is 0.539. The summed E-state index contributed by atoms with van der Waals surface area (Å²) >= 11 is 6.03. The minimum Gasteiger partial charge on any atom is -0.334 e. The summed E-state index contributed by atoms with van der Waals surface area (Å²) in [4.78, 5) is 17.1. The van der Waals surface area contributed by atoms with Gasteiger partial charge in [-0.3, -0.25) is 10.6 Å². The fourth-order valence-corrected chi connectivity index (χ4v) is 3.01. The third-order valence-electron chi connectivity index (χ3n) is 4.00. The maximum absolute atomic E-state index is 12.9. The Hall–Kier alpha value is -1.30. The van der Waals surface area contributed by atoms with Crippen LogP contribution in [0, 0.1) is 0 Å². The van der Waals surface area contributed by atoms with Gasteiger partial charge in [0.25, 0.3) is 5.91 Å². The smallest absolute Gasteiger partial charge is 0.256 e. The van der Waals surface area contributed by atoms with Crippen LogP contribution in [0.25, 0.3) is 0 Å². The molecular weight excluding hydrogens is 288 g/mol. The Balaban J connectivity index is 2.31. The van der Waals surface area contributed by atoms with Crippen molar-refractivity contribution in [3.05, 3.63) is 28.8 Å². The molecule has 0 aromatic heterocycles. The number of anilines is 1. The zero-order valence-electron chi connectivity index (χ0n) is 12.6. The molecule has 1 heterocycles. The summed E-state index contributed by atoms with van der Waals surface area (Å²) in [5.41, 5.74) is 3.73. The minimum atomic E-state index is -0.00685. The maximum Gasteiger partial charge on any atom is 0.256 e. The van der Waals surface area contributed by atoms with E-state index in [0.717, 1.165) is 32.5 Å². The van der Waals surface area contributed by atoms with Crippen molar-refractivity contribution in [2.75, 3.05) is 32.1 Å². The van der Waals surface area contributed by atoms with Crippen LogP contribution in [0.2, 0.25) is 5.02 Å². The molecule has 1 fully saturated rings. The van der Waals surface area contributed by atoms with Gasteiger partial charge in [0.15, 0.2) is 0 Å². The zero-order chi connectivity index (χ0) is 15.4. The summed E-state index contributed by atoms with van der Waals surface area (Å²) in [6.45, 7) is 4.79. The van der Waals surface area contributed by atoms with Crippen LogP contribution in [-0.4, -0.2) is 48.4 Å². The molecule has 116 valence electrons. The highest BCUT2D eigenvalue weighted by molar-refractivity contribution is 6.31. The van der Waals surface area contributed by atoms with E-state index in [4.69, 9.17) is 17.4 Å². The van der Waals surface area contributed by atoms with E-state index in [1.54, 1.807) is 18.2 Å². The molecule has 6 heteroatoms. The van der Waals surface area contributed by atoms with Gasteiger partial charge in [0.1, 0.15) is 0 Å². The first-order chi connectivity index (χ1) is 10.1. The summed E-state index contributed by atoms with van der Waals surface area (Å²) in [6.07, 6.45) is 1.91. The van der Waals surface area contributed by atoms with E-state index in [9.17, 15) is 4.79 Å². The lowest BCUT2D eigenvalue weighted by Gasteiger charge is -2.31. The number of hydrazine groups is 1. The average Bonchev–Trinajstić information content (AvgIpc) is 2.67. The number of nitrogens with one attached hydrogen (secondary N) is 1. The fourth-order valence-electron chi connectivity index (χ4n) is 2.83. The Kier molecular flexibility index (Phi) is 5.45. The van der Waals surface area contributed by atoms with Gasteiger partial charge in [-0.25, -0.2) is 0 Å². The molecule has 1 unspecified atom stereocenters. The van der Waals surface area contributed by atoms with Crippen LogP contribution in [0.5, 0.6) is 0 Å². The number of carbonyl (C=O) groups excluding carboxylic acids is 1. The normalized spacial score (nSPS) is 20.2. The summed E-state index contributed by atoms with van der Waals surface area (Å²) < 4.78 is 0. The van der Waals surface area contributed by atoms with E-state index in [1.165, 1.54) is 0 Å². The number of nitrogen functional groups attached to an aromatic ring is 1. The number of amides is 1. The number of likely N-dealkylation sites (N-methyl/N-ethyl adjacent to an activating group) is 1. The molecule has 5 nitrogen and oxygen atoms in total. The third kappa shape index (κ3) is 3.67. The molecule has 0 spiro atoms. The van der Waals surface area contributed by atoms with E-state index < -0.39 is 0 Å². The Morgan fingerprint density at radius 3 is 2.90 bits per heavy atom. The van der Waals surface area contributed by atoms with Gasteiger partial charge in [-0.2, -0.15) is 0 Å². The highest BCUT2D eigenvalue weighted by Crippen LogP contribution is 2.24. The van der Waals surface area contributed by atoms with Crippen molar-refractivity contribution in [1.29, 1.82) is 0 Å². The van der Waals surface area contributed by atoms with Crippen LogP contribution < -0.4 is 11.3 Å². The number of nitrogens with zero attached hydrogens (tertiary/aromatic N) is 2. The van der Waals surface area contributed by atoms with Crippen molar-refractivity contribution < 1.29 is 4.79 Å². The lowest BCUT2D eigenvalue weighted by atomic mass is 10.1. The minimum absolute atomic E-state index is 0.00685. The molecule has 1 saturated heterocycles. The lowest BCUT2D eigenvalue weighted by molar-refractivity contribution is 0.0676. The van der Waals surface area contributed by atoms with Gasteiger partial charge in [-0.05, 0) is 44.6 Å². The molecule has 0 bridgehead atoms. The molecule has 1 aromatic carbocycles. The van der Waals surface area contributed by atoms with E-state index in [1.807, 2.05) is 4.90 Å². The number of benzene rings is 1. The quantitative estimate of drug-likeness (QED) is 0.663. The Morgan fingerprint density at radius 1 is 1.48 bits per heavy atom. The molecule has 3 N–H and O–H groups in total. The second-order valence-electron chi connectivity index (χ2n) is 5.51. The van der Waals surface area contributed by atoms with E-state index in [-0.39, 0.29) is 11.9 Å². The molecular formula is C15H23ClN4O. The Labute approximate surface area is 131 Å². The first-order valence-corrected chi connectivity index (χ1v) is 7.70. The average molecular weight is 311 g/mol. The van der Waals surface area contributed by atoms with Crippen LogP contribution >= 0.6 is 11.6 Å². The predicted molar refractivity (Wildman–Crippen MR) is 86.5 cm³/mol. The van der Waals surface area contributed by atoms with Crippen molar-refractivity contribution in [2.45, 2.75) is 25.8 Å². The molecule has 0 radical (unpaired) electrons. The summed E-state index contributed by atoms with van der Waals surface area (Å²) in [6, 6.07) is 5.36. The second kappa shape index (κ2) is 7.11. The van der Waals surface area contributed by atoms with Crippen molar-refractivity contribution >= 4 is 23.2 Å². The van der Waals surface area contributed by atoms with Crippen molar-refractivity contribution in [3.8, 4) is 0 Å². The molecule has 1 aliphatic rings. The van der Waals surface area contributed by atoms with E-state index >= 15 is 0 Å². The van der Waals surface area contributed by atoms with Crippen molar-refractivity contribution in [3.63, 3.8) is 0 Å². The first-order valence-electron chi connectivity index (χ1n) is 7.32. The molecule has 1 aromatic rings. The van der Waals surface area contributed by atoms with Gasteiger partial charge in [0, 0.05) is 24.2 Å². The monoisotopic (exact) mass is 310 g/mol. The number of rotatable bonds is 3. The van der Waals surface area contributed by atoms with Crippen LogP contribution in [0.3, 0.4) is 0 Å². The largest absolute Gasteiger partial charge is 0.334 e. The van der Waals surface area contributed by atoms with Gasteiger partial charge in [-0.1, -0.05) is 18.5 Å². The Morgan fingerprint density at radius 2 is 2.24 bits per heavy atom. The number of hydrogen-bond acceptors (Lipinski definition) is 4. The lowest BCUT2D eigenvalue weighted by Crippen LogP contribution is -2.43. The maximum atomic E-state index is 12.9. The van der Waals surface area contributed by atoms with Gasteiger partial charge < -0.3 is 15.2 Å². The zero-order valence-corrected chi connectivity index (χ0v) is 13.4.